The number of anilines is 1. The van der Waals surface area contributed by atoms with Gasteiger partial charge in [-0.1, -0.05) is 30.3 Å². The van der Waals surface area contributed by atoms with Gasteiger partial charge in [-0.3, -0.25) is 0 Å². The van der Waals surface area contributed by atoms with E-state index < -0.39 is 0 Å². The number of para-hydroxylation sites is 1. The zero-order chi connectivity index (χ0) is 16.2. The van der Waals surface area contributed by atoms with Crippen LogP contribution in [0, 0.1) is 0 Å². The Morgan fingerprint density at radius 3 is 2.30 bits per heavy atom. The highest BCUT2D eigenvalue weighted by atomic mass is 16.3. The minimum absolute atomic E-state index is 0.0728. The van der Waals surface area contributed by atoms with Crippen LogP contribution in [0.5, 0.6) is 11.5 Å². The van der Waals surface area contributed by atoms with Crippen LogP contribution in [0.25, 0.3) is 23.5 Å². The predicted molar refractivity (Wildman–Crippen MR) is 88.4 cm³/mol. The van der Waals surface area contributed by atoms with Gasteiger partial charge in [0, 0.05) is 0 Å². The number of aromatic nitrogens is 3. The second-order valence-electron chi connectivity index (χ2n) is 4.82. The summed E-state index contributed by atoms with van der Waals surface area (Å²) >= 11 is 0. The molecule has 0 aliphatic rings. The zero-order valence-corrected chi connectivity index (χ0v) is 12.1. The lowest BCUT2D eigenvalue weighted by atomic mass is 10.2. The van der Waals surface area contributed by atoms with Crippen LogP contribution in [0.1, 0.15) is 11.4 Å². The zero-order valence-electron chi connectivity index (χ0n) is 12.1. The van der Waals surface area contributed by atoms with Gasteiger partial charge >= 0.3 is 0 Å². The predicted octanol–water partition coefficient (Wildman–Crippen LogP) is 2.70. The Kier molecular flexibility index (Phi) is 3.88. The van der Waals surface area contributed by atoms with E-state index in [0.717, 1.165) is 5.56 Å². The molecule has 0 fully saturated rings. The number of nitrogen functional groups attached to an aromatic ring is 1. The van der Waals surface area contributed by atoms with Gasteiger partial charge in [0.1, 0.15) is 11.5 Å². The van der Waals surface area contributed by atoms with Crippen molar-refractivity contribution in [1.29, 1.82) is 0 Å². The fraction of sp³-hybridized carbons (Fsp3) is 0. The fourth-order valence-corrected chi connectivity index (χ4v) is 2.02. The summed E-state index contributed by atoms with van der Waals surface area (Å²) in [7, 11) is 0. The molecule has 114 valence electrons. The highest BCUT2D eigenvalue weighted by Gasteiger charge is 2.09. The minimum Gasteiger partial charge on any atom is -0.508 e. The van der Waals surface area contributed by atoms with Crippen LogP contribution in [-0.4, -0.2) is 25.2 Å². The van der Waals surface area contributed by atoms with E-state index >= 15 is 0 Å². The number of rotatable bonds is 3. The second kappa shape index (κ2) is 6.15. The highest BCUT2D eigenvalue weighted by molar-refractivity contribution is 5.69. The first-order chi connectivity index (χ1) is 11.1. The maximum absolute atomic E-state index is 9.90. The summed E-state index contributed by atoms with van der Waals surface area (Å²) < 4.78 is 0. The van der Waals surface area contributed by atoms with E-state index in [1.165, 1.54) is 0 Å². The third kappa shape index (κ3) is 3.44. The number of phenols is 2. The number of hydrogen-bond donors (Lipinski definition) is 3. The molecule has 0 unspecified atom stereocenters. The highest BCUT2D eigenvalue weighted by Crippen LogP contribution is 2.26. The molecule has 0 amide bonds. The van der Waals surface area contributed by atoms with E-state index in [2.05, 4.69) is 15.0 Å². The summed E-state index contributed by atoms with van der Waals surface area (Å²) in [4.78, 5) is 12.4. The monoisotopic (exact) mass is 306 g/mol. The van der Waals surface area contributed by atoms with Gasteiger partial charge in [0.25, 0.3) is 0 Å². The van der Waals surface area contributed by atoms with Crippen LogP contribution in [0.15, 0.2) is 48.5 Å². The maximum atomic E-state index is 9.90. The molecule has 6 nitrogen and oxygen atoms in total. The number of hydrogen-bond acceptors (Lipinski definition) is 6. The van der Waals surface area contributed by atoms with Crippen molar-refractivity contribution < 1.29 is 10.2 Å². The minimum atomic E-state index is 0.0728. The first kappa shape index (κ1) is 14.5. The average molecular weight is 306 g/mol. The molecule has 0 aliphatic carbocycles. The second-order valence-corrected chi connectivity index (χ2v) is 4.82. The molecule has 0 saturated carbocycles. The van der Waals surface area contributed by atoms with Crippen LogP contribution in [0.4, 0.5) is 5.95 Å². The Morgan fingerprint density at radius 1 is 0.826 bits per heavy atom. The standard InChI is InChI=1S/C17H14N4O2/c18-17-20-15(10-7-11-5-8-12(22)9-6-11)19-16(21-17)13-3-1-2-4-14(13)23/h1-10,22-23H,(H2,18,19,20,21)/b10-7+. The normalized spacial score (nSPS) is 11.0. The van der Waals surface area contributed by atoms with E-state index in [9.17, 15) is 10.2 Å². The van der Waals surface area contributed by atoms with E-state index in [-0.39, 0.29) is 17.4 Å². The molecule has 0 radical (unpaired) electrons. The third-order valence-corrected chi connectivity index (χ3v) is 3.13. The van der Waals surface area contributed by atoms with Crippen molar-refractivity contribution in [2.45, 2.75) is 0 Å². The van der Waals surface area contributed by atoms with Gasteiger partial charge in [0.05, 0.1) is 5.56 Å². The molecular weight excluding hydrogens is 292 g/mol. The Bertz CT molecular complexity index is 861. The van der Waals surface area contributed by atoms with Gasteiger partial charge in [0.15, 0.2) is 11.6 Å². The number of phenolic OH excluding ortho intramolecular Hbond substituents is 2. The summed E-state index contributed by atoms with van der Waals surface area (Å²) in [6, 6.07) is 13.5. The van der Waals surface area contributed by atoms with Crippen molar-refractivity contribution in [3.8, 4) is 22.9 Å². The van der Waals surface area contributed by atoms with Crippen LogP contribution >= 0.6 is 0 Å². The molecule has 0 saturated heterocycles. The SMILES string of the molecule is Nc1nc(/C=C/c2ccc(O)cc2)nc(-c2ccccc2O)n1. The molecule has 0 aliphatic heterocycles. The molecule has 3 rings (SSSR count). The van der Waals surface area contributed by atoms with E-state index in [1.54, 1.807) is 60.7 Å². The Labute approximate surface area is 132 Å². The number of nitrogens with zero attached hydrogens (tertiary/aromatic N) is 3. The van der Waals surface area contributed by atoms with E-state index in [0.29, 0.717) is 17.2 Å². The van der Waals surface area contributed by atoms with Crippen LogP contribution in [-0.2, 0) is 0 Å². The topological polar surface area (TPSA) is 105 Å². The first-order valence-corrected chi connectivity index (χ1v) is 6.89. The quantitative estimate of drug-likeness (QED) is 0.687. The fourth-order valence-electron chi connectivity index (χ4n) is 2.02. The van der Waals surface area contributed by atoms with Gasteiger partial charge in [-0.15, -0.1) is 0 Å². The number of aromatic hydroxyl groups is 2. The van der Waals surface area contributed by atoms with Crippen LogP contribution in [0.2, 0.25) is 0 Å². The molecular formula is C17H14N4O2. The molecule has 1 aromatic heterocycles. The lowest BCUT2D eigenvalue weighted by Crippen LogP contribution is -2.02. The van der Waals surface area contributed by atoms with Crippen LogP contribution in [0.3, 0.4) is 0 Å². The summed E-state index contributed by atoms with van der Waals surface area (Å²) in [6.07, 6.45) is 3.48. The van der Waals surface area contributed by atoms with Crippen molar-refractivity contribution >= 4 is 18.1 Å². The van der Waals surface area contributed by atoms with Gasteiger partial charge < -0.3 is 15.9 Å². The number of benzene rings is 2. The van der Waals surface area contributed by atoms with Crippen molar-refractivity contribution in [2.24, 2.45) is 0 Å². The van der Waals surface area contributed by atoms with Crippen molar-refractivity contribution in [1.82, 2.24) is 15.0 Å². The number of nitrogens with two attached hydrogens (primary N) is 1. The smallest absolute Gasteiger partial charge is 0.224 e. The van der Waals surface area contributed by atoms with E-state index in [4.69, 9.17) is 5.73 Å². The van der Waals surface area contributed by atoms with Crippen LogP contribution < -0.4 is 5.73 Å². The molecule has 1 heterocycles. The van der Waals surface area contributed by atoms with Gasteiger partial charge in [-0.05, 0) is 35.9 Å². The first-order valence-electron chi connectivity index (χ1n) is 6.89. The summed E-state index contributed by atoms with van der Waals surface area (Å²) in [5.41, 5.74) is 7.09. The molecule has 0 bridgehead atoms. The molecule has 2 aromatic carbocycles. The molecule has 6 heteroatoms. The van der Waals surface area contributed by atoms with Crippen molar-refractivity contribution in [3.63, 3.8) is 0 Å². The Morgan fingerprint density at radius 2 is 1.57 bits per heavy atom. The molecule has 23 heavy (non-hydrogen) atoms. The summed E-state index contributed by atoms with van der Waals surface area (Å²) in [5.74, 6) is 1.04. The lowest BCUT2D eigenvalue weighted by Gasteiger charge is -2.04. The third-order valence-electron chi connectivity index (χ3n) is 3.13. The lowest BCUT2D eigenvalue weighted by molar-refractivity contribution is 0.475. The van der Waals surface area contributed by atoms with E-state index in [1.807, 2.05) is 0 Å². The van der Waals surface area contributed by atoms with Crippen molar-refractivity contribution in [2.75, 3.05) is 5.73 Å². The molecule has 0 atom stereocenters. The Hall–Kier alpha value is -3.41. The van der Waals surface area contributed by atoms with Gasteiger partial charge in [0.2, 0.25) is 5.95 Å². The molecule has 0 spiro atoms. The molecule has 4 N–H and O–H groups in total. The largest absolute Gasteiger partial charge is 0.508 e. The maximum Gasteiger partial charge on any atom is 0.224 e. The summed E-state index contributed by atoms with van der Waals surface area (Å²) in [6.45, 7) is 0. The Balaban J connectivity index is 1.95. The average Bonchev–Trinajstić information content (AvgIpc) is 2.54. The summed E-state index contributed by atoms with van der Waals surface area (Å²) in [5, 5.41) is 19.2. The van der Waals surface area contributed by atoms with Gasteiger partial charge in [-0.25, -0.2) is 4.98 Å². The van der Waals surface area contributed by atoms with Crippen molar-refractivity contribution in [3.05, 3.63) is 59.9 Å². The molecule has 3 aromatic rings. The van der Waals surface area contributed by atoms with Gasteiger partial charge in [-0.2, -0.15) is 9.97 Å².